The number of hydrogen-bond acceptors (Lipinski definition) is 3. The van der Waals surface area contributed by atoms with Gasteiger partial charge in [-0.05, 0) is 24.6 Å². The Hall–Kier alpha value is -1.96. The van der Waals surface area contributed by atoms with E-state index in [1.165, 1.54) is 7.05 Å². The van der Waals surface area contributed by atoms with Crippen molar-refractivity contribution in [2.45, 2.75) is 18.6 Å². The Bertz CT molecular complexity index is 601. The molecule has 1 aliphatic heterocycles. The molecule has 8 heteroatoms. The number of benzene rings is 1. The Balaban J connectivity index is 2.16. The first kappa shape index (κ1) is 16.4. The number of hydrogen-bond donors (Lipinski definition) is 2. The van der Waals surface area contributed by atoms with Gasteiger partial charge in [0.1, 0.15) is 5.82 Å². The number of halogens is 4. The molecule has 1 aliphatic rings. The number of carbonyl (C=O) groups is 2. The first-order valence-corrected chi connectivity index (χ1v) is 6.60. The van der Waals surface area contributed by atoms with Gasteiger partial charge in [-0.3, -0.25) is 9.59 Å². The smallest absolute Gasteiger partial charge is 0.358 e. The SMILES string of the molecule is CNC(=O)C1CC(C(=O)c2ccc(C(F)(F)F)cc2F)CN1. The first-order valence-electron chi connectivity index (χ1n) is 6.60. The minimum atomic E-state index is -4.67. The molecule has 2 rings (SSSR count). The predicted molar refractivity (Wildman–Crippen MR) is 69.7 cm³/mol. The summed E-state index contributed by atoms with van der Waals surface area (Å²) in [5.74, 6) is -2.75. The summed E-state index contributed by atoms with van der Waals surface area (Å²) in [5, 5.41) is 5.26. The maximum atomic E-state index is 13.8. The van der Waals surface area contributed by atoms with E-state index < -0.39 is 40.9 Å². The highest BCUT2D eigenvalue weighted by Gasteiger charge is 2.36. The average molecular weight is 318 g/mol. The molecule has 2 N–H and O–H groups in total. The highest BCUT2D eigenvalue weighted by molar-refractivity contribution is 5.99. The Kier molecular flexibility index (Phi) is 4.50. The second-order valence-corrected chi connectivity index (χ2v) is 5.06. The molecule has 1 saturated heterocycles. The van der Waals surface area contributed by atoms with Crippen molar-refractivity contribution in [1.29, 1.82) is 0 Å². The van der Waals surface area contributed by atoms with Crippen LogP contribution in [0.25, 0.3) is 0 Å². The second kappa shape index (κ2) is 6.04. The number of likely N-dealkylation sites (N-methyl/N-ethyl adjacent to an activating group) is 1. The van der Waals surface area contributed by atoms with Crippen LogP contribution >= 0.6 is 0 Å². The zero-order chi connectivity index (χ0) is 16.5. The molecule has 1 amide bonds. The molecule has 0 spiro atoms. The maximum Gasteiger partial charge on any atom is 0.416 e. The summed E-state index contributed by atoms with van der Waals surface area (Å²) in [7, 11) is 1.45. The van der Waals surface area contributed by atoms with E-state index in [9.17, 15) is 27.2 Å². The largest absolute Gasteiger partial charge is 0.416 e. The van der Waals surface area contributed by atoms with Crippen LogP contribution in [0.15, 0.2) is 18.2 Å². The molecule has 1 fully saturated rings. The van der Waals surface area contributed by atoms with E-state index in [4.69, 9.17) is 0 Å². The van der Waals surface area contributed by atoms with E-state index in [0.717, 1.165) is 6.07 Å². The van der Waals surface area contributed by atoms with E-state index in [-0.39, 0.29) is 18.9 Å². The van der Waals surface area contributed by atoms with E-state index in [0.29, 0.717) is 12.1 Å². The third-order valence-electron chi connectivity index (χ3n) is 3.63. The molecule has 0 aliphatic carbocycles. The van der Waals surface area contributed by atoms with Crippen LogP contribution in [0.1, 0.15) is 22.3 Å². The van der Waals surface area contributed by atoms with Gasteiger partial charge in [0.15, 0.2) is 5.78 Å². The van der Waals surface area contributed by atoms with Crippen molar-refractivity contribution in [1.82, 2.24) is 10.6 Å². The van der Waals surface area contributed by atoms with Crippen molar-refractivity contribution < 1.29 is 27.2 Å². The summed E-state index contributed by atoms with van der Waals surface area (Å²) in [6, 6.07) is 1.27. The molecule has 0 aromatic heterocycles. The van der Waals surface area contributed by atoms with E-state index in [2.05, 4.69) is 10.6 Å². The molecule has 1 heterocycles. The summed E-state index contributed by atoms with van der Waals surface area (Å²) < 4.78 is 51.2. The fourth-order valence-electron chi connectivity index (χ4n) is 2.42. The van der Waals surface area contributed by atoms with Gasteiger partial charge in [0.25, 0.3) is 0 Å². The van der Waals surface area contributed by atoms with Crippen LogP contribution in [0, 0.1) is 11.7 Å². The summed E-state index contributed by atoms with van der Waals surface area (Å²) in [6.07, 6.45) is -4.49. The van der Waals surface area contributed by atoms with Gasteiger partial charge in [-0.1, -0.05) is 0 Å². The summed E-state index contributed by atoms with van der Waals surface area (Å²) in [4.78, 5) is 23.6. The maximum absolute atomic E-state index is 13.8. The molecular weight excluding hydrogens is 304 g/mol. The van der Waals surface area contributed by atoms with Crippen molar-refractivity contribution >= 4 is 11.7 Å². The van der Waals surface area contributed by atoms with Gasteiger partial charge in [-0.25, -0.2) is 4.39 Å². The summed E-state index contributed by atoms with van der Waals surface area (Å²) >= 11 is 0. The van der Waals surface area contributed by atoms with E-state index in [1.807, 2.05) is 0 Å². The van der Waals surface area contributed by atoms with Crippen molar-refractivity contribution in [3.8, 4) is 0 Å². The minimum absolute atomic E-state index is 0.178. The van der Waals surface area contributed by atoms with Crippen LogP contribution in [0.5, 0.6) is 0 Å². The molecule has 22 heavy (non-hydrogen) atoms. The van der Waals surface area contributed by atoms with Crippen LogP contribution in [0.2, 0.25) is 0 Å². The van der Waals surface area contributed by atoms with E-state index >= 15 is 0 Å². The van der Waals surface area contributed by atoms with Gasteiger partial charge in [0.2, 0.25) is 5.91 Å². The van der Waals surface area contributed by atoms with Crippen LogP contribution < -0.4 is 10.6 Å². The number of alkyl halides is 3. The predicted octanol–water partition coefficient (Wildman–Crippen LogP) is 1.75. The molecule has 120 valence electrons. The fourth-order valence-corrected chi connectivity index (χ4v) is 2.42. The number of carbonyl (C=O) groups excluding carboxylic acids is 2. The number of rotatable bonds is 3. The minimum Gasteiger partial charge on any atom is -0.358 e. The Morgan fingerprint density at radius 3 is 2.55 bits per heavy atom. The van der Waals surface area contributed by atoms with Crippen molar-refractivity contribution in [3.63, 3.8) is 0 Å². The molecular formula is C14H14F4N2O2. The van der Waals surface area contributed by atoms with Crippen LogP contribution in [-0.4, -0.2) is 31.3 Å². The highest BCUT2D eigenvalue weighted by Crippen LogP contribution is 2.31. The number of nitrogens with one attached hydrogen (secondary N) is 2. The van der Waals surface area contributed by atoms with Gasteiger partial charge in [0, 0.05) is 19.5 Å². The third kappa shape index (κ3) is 3.27. The Morgan fingerprint density at radius 1 is 1.32 bits per heavy atom. The first-order chi connectivity index (χ1) is 10.2. The number of amides is 1. The molecule has 4 nitrogen and oxygen atoms in total. The Labute approximate surface area is 123 Å². The zero-order valence-electron chi connectivity index (χ0n) is 11.6. The number of Topliss-reactive ketones (excluding diaryl/α,β-unsaturated/α-hetero) is 1. The lowest BCUT2D eigenvalue weighted by Crippen LogP contribution is -2.38. The van der Waals surface area contributed by atoms with Crippen molar-refractivity contribution in [2.75, 3.05) is 13.6 Å². The molecule has 0 bridgehead atoms. The van der Waals surface area contributed by atoms with Crippen molar-refractivity contribution in [2.24, 2.45) is 5.92 Å². The average Bonchev–Trinajstić information content (AvgIpc) is 2.94. The molecule has 1 aromatic carbocycles. The molecule has 0 radical (unpaired) electrons. The van der Waals surface area contributed by atoms with Crippen molar-refractivity contribution in [3.05, 3.63) is 35.1 Å². The van der Waals surface area contributed by atoms with Gasteiger partial charge >= 0.3 is 6.18 Å². The van der Waals surface area contributed by atoms with E-state index in [1.54, 1.807) is 0 Å². The highest BCUT2D eigenvalue weighted by atomic mass is 19.4. The standard InChI is InChI=1S/C14H14F4N2O2/c1-19-13(22)11-4-7(6-20-11)12(21)9-3-2-8(5-10(9)15)14(16,17)18/h2-3,5,7,11,20H,4,6H2,1H3,(H,19,22). The second-order valence-electron chi connectivity index (χ2n) is 5.06. The lowest BCUT2D eigenvalue weighted by atomic mass is 9.94. The lowest BCUT2D eigenvalue weighted by Gasteiger charge is -2.11. The lowest BCUT2D eigenvalue weighted by molar-refractivity contribution is -0.137. The third-order valence-corrected chi connectivity index (χ3v) is 3.63. The molecule has 0 saturated carbocycles. The Morgan fingerprint density at radius 2 is 2.00 bits per heavy atom. The summed E-state index contributed by atoms with van der Waals surface area (Å²) in [5.41, 5.74) is -1.54. The monoisotopic (exact) mass is 318 g/mol. The van der Waals surface area contributed by atoms with Gasteiger partial charge in [-0.15, -0.1) is 0 Å². The fraction of sp³-hybridized carbons (Fsp3) is 0.429. The number of ketones is 1. The van der Waals surface area contributed by atoms with Gasteiger partial charge in [0.05, 0.1) is 17.2 Å². The quantitative estimate of drug-likeness (QED) is 0.659. The van der Waals surface area contributed by atoms with Gasteiger partial charge < -0.3 is 10.6 Å². The normalized spacial score (nSPS) is 21.7. The molecule has 1 aromatic rings. The molecule has 2 unspecified atom stereocenters. The van der Waals surface area contributed by atoms with Gasteiger partial charge in [-0.2, -0.15) is 13.2 Å². The zero-order valence-corrected chi connectivity index (χ0v) is 11.6. The molecule has 2 atom stereocenters. The van der Waals surface area contributed by atoms with Crippen LogP contribution in [0.3, 0.4) is 0 Å². The summed E-state index contributed by atoms with van der Waals surface area (Å²) in [6.45, 7) is 0.178. The van der Waals surface area contributed by atoms with Crippen LogP contribution in [0.4, 0.5) is 17.6 Å². The van der Waals surface area contributed by atoms with Crippen LogP contribution in [-0.2, 0) is 11.0 Å². The topological polar surface area (TPSA) is 58.2 Å².